The highest BCUT2D eigenvalue weighted by Crippen LogP contribution is 2.23. The van der Waals surface area contributed by atoms with E-state index in [1.54, 1.807) is 25.1 Å². The Bertz CT molecular complexity index is 656. The first-order valence-corrected chi connectivity index (χ1v) is 6.03. The van der Waals surface area contributed by atoms with Gasteiger partial charge >= 0.3 is 5.97 Å². The van der Waals surface area contributed by atoms with Crippen LogP contribution in [-0.2, 0) is 6.54 Å². The van der Waals surface area contributed by atoms with Crippen LogP contribution >= 0.6 is 0 Å². The van der Waals surface area contributed by atoms with Gasteiger partial charge in [-0.25, -0.2) is 9.18 Å². The van der Waals surface area contributed by atoms with Gasteiger partial charge in [0.05, 0.1) is 11.3 Å². The summed E-state index contributed by atoms with van der Waals surface area (Å²) in [5, 5.41) is 21.5. The van der Waals surface area contributed by atoms with E-state index in [0.717, 1.165) is 11.6 Å². The number of hydrogen-bond acceptors (Lipinski definition) is 3. The number of aromatic hydroxyl groups is 1. The minimum Gasteiger partial charge on any atom is -0.507 e. The molecule has 0 aliphatic heterocycles. The third kappa shape index (κ3) is 2.88. The summed E-state index contributed by atoms with van der Waals surface area (Å²) >= 11 is 0. The number of phenols is 1. The van der Waals surface area contributed by atoms with E-state index in [1.165, 1.54) is 12.1 Å². The number of rotatable bonds is 4. The summed E-state index contributed by atoms with van der Waals surface area (Å²) in [4.78, 5) is 10.8. The van der Waals surface area contributed by atoms with Gasteiger partial charge in [0.25, 0.3) is 0 Å². The van der Waals surface area contributed by atoms with Gasteiger partial charge in [-0.2, -0.15) is 0 Å². The smallest absolute Gasteiger partial charge is 0.335 e. The lowest BCUT2D eigenvalue weighted by atomic mass is 10.1. The van der Waals surface area contributed by atoms with E-state index in [-0.39, 0.29) is 23.5 Å². The van der Waals surface area contributed by atoms with Gasteiger partial charge in [-0.05, 0) is 30.7 Å². The molecule has 0 saturated carbocycles. The van der Waals surface area contributed by atoms with Gasteiger partial charge in [-0.1, -0.05) is 18.2 Å². The van der Waals surface area contributed by atoms with Crippen molar-refractivity contribution in [3.05, 3.63) is 58.9 Å². The van der Waals surface area contributed by atoms with E-state index in [9.17, 15) is 14.3 Å². The Morgan fingerprint density at radius 3 is 2.75 bits per heavy atom. The van der Waals surface area contributed by atoms with Crippen LogP contribution in [-0.4, -0.2) is 16.2 Å². The van der Waals surface area contributed by atoms with Crippen molar-refractivity contribution >= 4 is 11.7 Å². The number of aromatic carboxylic acids is 1. The number of carboxylic acids is 1. The standard InChI is InChI=1S/C15H14FNO3/c1-9-3-2-4-11(14(9)18)8-17-13-7-10(15(19)20)5-6-12(13)16/h2-7,17-18H,8H2,1H3,(H,19,20). The van der Waals surface area contributed by atoms with E-state index in [4.69, 9.17) is 5.11 Å². The molecular weight excluding hydrogens is 261 g/mol. The van der Waals surface area contributed by atoms with Crippen LogP contribution in [0.2, 0.25) is 0 Å². The van der Waals surface area contributed by atoms with Crippen molar-refractivity contribution in [3.8, 4) is 5.75 Å². The molecule has 0 aliphatic rings. The molecule has 2 rings (SSSR count). The highest BCUT2D eigenvalue weighted by molar-refractivity contribution is 5.88. The first kappa shape index (κ1) is 13.9. The lowest BCUT2D eigenvalue weighted by Gasteiger charge is -2.11. The molecular formula is C15H14FNO3. The second kappa shape index (κ2) is 5.61. The van der Waals surface area contributed by atoms with Crippen molar-refractivity contribution in [1.29, 1.82) is 0 Å². The molecule has 0 spiro atoms. The summed E-state index contributed by atoms with van der Waals surface area (Å²) < 4.78 is 13.6. The summed E-state index contributed by atoms with van der Waals surface area (Å²) in [5.41, 5.74) is 1.43. The van der Waals surface area contributed by atoms with E-state index >= 15 is 0 Å². The van der Waals surface area contributed by atoms with Crippen LogP contribution in [0, 0.1) is 12.7 Å². The highest BCUT2D eigenvalue weighted by Gasteiger charge is 2.09. The normalized spacial score (nSPS) is 10.3. The van der Waals surface area contributed by atoms with Crippen molar-refractivity contribution in [3.63, 3.8) is 0 Å². The molecule has 2 aromatic carbocycles. The van der Waals surface area contributed by atoms with Gasteiger partial charge in [0, 0.05) is 12.1 Å². The summed E-state index contributed by atoms with van der Waals surface area (Å²) in [6.45, 7) is 1.97. The molecule has 0 atom stereocenters. The zero-order chi connectivity index (χ0) is 14.7. The van der Waals surface area contributed by atoms with Crippen molar-refractivity contribution in [1.82, 2.24) is 0 Å². The Kier molecular flexibility index (Phi) is 3.89. The Morgan fingerprint density at radius 1 is 1.30 bits per heavy atom. The summed E-state index contributed by atoms with van der Waals surface area (Å²) in [5.74, 6) is -1.51. The van der Waals surface area contributed by atoms with Crippen molar-refractivity contribution in [2.75, 3.05) is 5.32 Å². The quantitative estimate of drug-likeness (QED) is 0.801. The zero-order valence-corrected chi connectivity index (χ0v) is 10.9. The number of nitrogens with one attached hydrogen (secondary N) is 1. The van der Waals surface area contributed by atoms with Crippen LogP contribution in [0.4, 0.5) is 10.1 Å². The second-order valence-corrected chi connectivity index (χ2v) is 4.44. The van der Waals surface area contributed by atoms with Crippen LogP contribution in [0.15, 0.2) is 36.4 Å². The van der Waals surface area contributed by atoms with Gasteiger partial charge in [-0.15, -0.1) is 0 Å². The average molecular weight is 275 g/mol. The molecule has 0 heterocycles. The number of carboxylic acid groups (broad SMARTS) is 1. The first-order chi connectivity index (χ1) is 9.49. The van der Waals surface area contributed by atoms with Gasteiger partial charge in [-0.3, -0.25) is 0 Å². The number of aryl methyl sites for hydroxylation is 1. The summed E-state index contributed by atoms with van der Waals surface area (Å²) in [6, 6.07) is 8.80. The summed E-state index contributed by atoms with van der Waals surface area (Å²) in [6.07, 6.45) is 0. The molecule has 0 fully saturated rings. The fourth-order valence-corrected chi connectivity index (χ4v) is 1.85. The van der Waals surface area contributed by atoms with Crippen molar-refractivity contribution < 1.29 is 19.4 Å². The average Bonchev–Trinajstić information content (AvgIpc) is 2.41. The van der Waals surface area contributed by atoms with E-state index < -0.39 is 11.8 Å². The highest BCUT2D eigenvalue weighted by atomic mass is 19.1. The maximum Gasteiger partial charge on any atom is 0.335 e. The summed E-state index contributed by atoms with van der Waals surface area (Å²) in [7, 11) is 0. The molecule has 4 nitrogen and oxygen atoms in total. The molecule has 0 unspecified atom stereocenters. The second-order valence-electron chi connectivity index (χ2n) is 4.44. The fourth-order valence-electron chi connectivity index (χ4n) is 1.85. The van der Waals surface area contributed by atoms with Crippen molar-refractivity contribution in [2.45, 2.75) is 13.5 Å². The molecule has 0 saturated heterocycles. The number of anilines is 1. The third-order valence-electron chi connectivity index (χ3n) is 3.00. The molecule has 0 amide bonds. The number of hydrogen-bond donors (Lipinski definition) is 3. The fraction of sp³-hybridized carbons (Fsp3) is 0.133. The van der Waals surface area contributed by atoms with Crippen LogP contribution in [0.5, 0.6) is 5.75 Å². The third-order valence-corrected chi connectivity index (χ3v) is 3.00. The van der Waals surface area contributed by atoms with Gasteiger partial charge in [0.15, 0.2) is 0 Å². The lowest BCUT2D eigenvalue weighted by Crippen LogP contribution is -2.04. The number of halogens is 1. The van der Waals surface area contributed by atoms with Crippen LogP contribution < -0.4 is 5.32 Å². The Balaban J connectivity index is 2.20. The molecule has 104 valence electrons. The van der Waals surface area contributed by atoms with Crippen LogP contribution in [0.1, 0.15) is 21.5 Å². The van der Waals surface area contributed by atoms with E-state index in [2.05, 4.69) is 5.32 Å². The molecule has 20 heavy (non-hydrogen) atoms. The van der Waals surface area contributed by atoms with E-state index in [1.807, 2.05) is 0 Å². The number of benzene rings is 2. The monoisotopic (exact) mass is 275 g/mol. The molecule has 3 N–H and O–H groups in total. The van der Waals surface area contributed by atoms with Crippen LogP contribution in [0.3, 0.4) is 0 Å². The minimum atomic E-state index is -1.12. The number of carbonyl (C=O) groups is 1. The zero-order valence-electron chi connectivity index (χ0n) is 10.9. The Hall–Kier alpha value is -2.56. The topological polar surface area (TPSA) is 69.6 Å². The molecule has 0 bridgehead atoms. The minimum absolute atomic E-state index is 0.00219. The molecule has 0 aliphatic carbocycles. The van der Waals surface area contributed by atoms with Crippen LogP contribution in [0.25, 0.3) is 0 Å². The molecule has 0 radical (unpaired) electrons. The van der Waals surface area contributed by atoms with Gasteiger partial charge in [0.2, 0.25) is 0 Å². The number of phenolic OH excluding ortho intramolecular Hbond substituents is 1. The predicted octanol–water partition coefficient (Wildman–Crippen LogP) is 3.15. The largest absolute Gasteiger partial charge is 0.507 e. The lowest BCUT2D eigenvalue weighted by molar-refractivity contribution is 0.0697. The predicted molar refractivity (Wildman–Crippen MR) is 73.5 cm³/mol. The number of para-hydroxylation sites is 1. The maximum atomic E-state index is 13.6. The molecule has 0 aromatic heterocycles. The first-order valence-electron chi connectivity index (χ1n) is 6.03. The Morgan fingerprint density at radius 2 is 2.05 bits per heavy atom. The van der Waals surface area contributed by atoms with Gasteiger partial charge in [0.1, 0.15) is 11.6 Å². The van der Waals surface area contributed by atoms with Gasteiger partial charge < -0.3 is 15.5 Å². The van der Waals surface area contributed by atoms with E-state index in [0.29, 0.717) is 5.56 Å². The molecule has 2 aromatic rings. The maximum absolute atomic E-state index is 13.6. The molecule has 5 heteroatoms. The SMILES string of the molecule is Cc1cccc(CNc2cc(C(=O)O)ccc2F)c1O. The Labute approximate surface area is 115 Å². The van der Waals surface area contributed by atoms with Crippen molar-refractivity contribution in [2.24, 2.45) is 0 Å².